The Balaban J connectivity index is 1.69. The van der Waals surface area contributed by atoms with Crippen LogP contribution in [0.2, 0.25) is 0 Å². The number of halogens is 2. The first-order chi connectivity index (χ1) is 11.1. The van der Waals surface area contributed by atoms with Gasteiger partial charge >= 0.3 is 5.97 Å². The smallest absolute Gasteiger partial charge is 0.357 e. The van der Waals surface area contributed by atoms with Gasteiger partial charge < -0.3 is 4.84 Å². The number of carbonyl (C=O) groups excluding carboxylic acids is 1. The van der Waals surface area contributed by atoms with Gasteiger partial charge in [0.25, 0.3) is 0 Å². The van der Waals surface area contributed by atoms with E-state index in [9.17, 15) is 9.18 Å². The molecule has 23 heavy (non-hydrogen) atoms. The van der Waals surface area contributed by atoms with Gasteiger partial charge in [0.05, 0.1) is 22.6 Å². The van der Waals surface area contributed by atoms with Crippen LogP contribution in [0, 0.1) is 5.82 Å². The van der Waals surface area contributed by atoms with Crippen molar-refractivity contribution in [2.75, 3.05) is 6.54 Å². The minimum atomic E-state index is -0.408. The molecule has 0 bridgehead atoms. The third-order valence-electron chi connectivity index (χ3n) is 3.68. The molecule has 0 aromatic heterocycles. The summed E-state index contributed by atoms with van der Waals surface area (Å²) in [6.07, 6.45) is 4.28. The van der Waals surface area contributed by atoms with E-state index < -0.39 is 5.97 Å². The van der Waals surface area contributed by atoms with Crippen LogP contribution in [0.5, 0.6) is 0 Å². The molecule has 0 spiro atoms. The number of hydroxylamine groups is 2. The molecule has 0 saturated carbocycles. The highest BCUT2D eigenvalue weighted by Crippen LogP contribution is 2.23. The summed E-state index contributed by atoms with van der Waals surface area (Å²) in [6.45, 7) is 0.499. The molecule has 3 rings (SSSR count). The van der Waals surface area contributed by atoms with Crippen LogP contribution in [0.4, 0.5) is 4.39 Å². The largest absolute Gasteiger partial charge is 0.363 e. The van der Waals surface area contributed by atoms with E-state index in [0.29, 0.717) is 28.6 Å². The van der Waals surface area contributed by atoms with Crippen molar-refractivity contribution in [2.24, 2.45) is 0 Å². The molecule has 118 valence electrons. The minimum absolute atomic E-state index is 0.175. The monoisotopic (exact) mass is 375 g/mol. The molecule has 3 nitrogen and oxygen atoms in total. The fourth-order valence-corrected chi connectivity index (χ4v) is 2.90. The number of benzene rings is 2. The maximum Gasteiger partial charge on any atom is 0.357 e. The number of carbonyl (C=O) groups is 1. The molecule has 0 fully saturated rings. The van der Waals surface area contributed by atoms with Crippen LogP contribution in [0.1, 0.15) is 15.9 Å². The lowest BCUT2D eigenvalue weighted by Crippen LogP contribution is -2.34. The molecule has 0 N–H and O–H groups in total. The van der Waals surface area contributed by atoms with Crippen molar-refractivity contribution in [1.82, 2.24) is 5.06 Å². The van der Waals surface area contributed by atoms with E-state index in [1.54, 1.807) is 47.5 Å². The maximum absolute atomic E-state index is 14.1. The Morgan fingerprint density at radius 2 is 2.00 bits per heavy atom. The second kappa shape index (κ2) is 7.06. The van der Waals surface area contributed by atoms with E-state index in [2.05, 4.69) is 15.9 Å². The Hall–Kier alpha value is -1.98. The Morgan fingerprint density at radius 3 is 2.78 bits per heavy atom. The van der Waals surface area contributed by atoms with Crippen LogP contribution in [0.15, 0.2) is 65.2 Å². The molecule has 1 aliphatic rings. The van der Waals surface area contributed by atoms with Crippen LogP contribution < -0.4 is 0 Å². The van der Waals surface area contributed by atoms with Crippen LogP contribution in [0.3, 0.4) is 0 Å². The Bertz CT molecular complexity index is 733. The zero-order valence-corrected chi connectivity index (χ0v) is 13.9. The van der Waals surface area contributed by atoms with Crippen molar-refractivity contribution in [3.05, 3.63) is 82.1 Å². The van der Waals surface area contributed by atoms with Crippen molar-refractivity contribution in [1.29, 1.82) is 0 Å². The lowest BCUT2D eigenvalue weighted by Gasteiger charge is -2.23. The third kappa shape index (κ3) is 3.68. The number of hydrogen-bond acceptors (Lipinski definition) is 3. The second-order valence-electron chi connectivity index (χ2n) is 5.26. The molecule has 0 aliphatic carbocycles. The van der Waals surface area contributed by atoms with Gasteiger partial charge in [-0.05, 0) is 46.1 Å². The van der Waals surface area contributed by atoms with Gasteiger partial charge in [0.15, 0.2) is 0 Å². The average Bonchev–Trinajstić information content (AvgIpc) is 2.99. The first kappa shape index (κ1) is 15.9. The van der Waals surface area contributed by atoms with Crippen molar-refractivity contribution in [2.45, 2.75) is 12.5 Å². The summed E-state index contributed by atoms with van der Waals surface area (Å²) < 4.78 is 14.5. The summed E-state index contributed by atoms with van der Waals surface area (Å²) in [5.74, 6) is -0.684. The molecule has 2 aromatic rings. The number of hydrogen-bond donors (Lipinski definition) is 0. The fourth-order valence-electron chi connectivity index (χ4n) is 2.49. The molecular formula is C18H15BrFNO2. The molecule has 5 heteroatoms. The van der Waals surface area contributed by atoms with Gasteiger partial charge in [0.1, 0.15) is 5.82 Å². The Morgan fingerprint density at radius 1 is 1.22 bits per heavy atom. The normalized spacial score (nSPS) is 17.4. The topological polar surface area (TPSA) is 29.5 Å². The van der Waals surface area contributed by atoms with Gasteiger partial charge in [-0.15, -0.1) is 5.06 Å². The summed E-state index contributed by atoms with van der Waals surface area (Å²) in [7, 11) is 0. The molecule has 1 atom stereocenters. The summed E-state index contributed by atoms with van der Waals surface area (Å²) in [5, 5.41) is 1.58. The van der Waals surface area contributed by atoms with Gasteiger partial charge in [0, 0.05) is 0 Å². The highest BCUT2D eigenvalue weighted by Gasteiger charge is 2.25. The predicted molar refractivity (Wildman–Crippen MR) is 89.3 cm³/mol. The molecule has 1 heterocycles. The van der Waals surface area contributed by atoms with Gasteiger partial charge in [-0.2, -0.15) is 0 Å². The van der Waals surface area contributed by atoms with Gasteiger partial charge in [-0.1, -0.05) is 42.5 Å². The minimum Gasteiger partial charge on any atom is -0.363 e. The maximum atomic E-state index is 14.1. The molecular weight excluding hydrogens is 361 g/mol. The molecule has 1 unspecified atom stereocenters. The molecule has 1 aliphatic heterocycles. The van der Waals surface area contributed by atoms with Gasteiger partial charge in [-0.3, -0.25) is 0 Å². The lowest BCUT2D eigenvalue weighted by molar-refractivity contribution is -0.113. The van der Waals surface area contributed by atoms with E-state index in [4.69, 9.17) is 4.84 Å². The van der Waals surface area contributed by atoms with Crippen molar-refractivity contribution in [3.63, 3.8) is 0 Å². The fraction of sp³-hybridized carbons (Fsp3) is 0.167. The van der Waals surface area contributed by atoms with Crippen molar-refractivity contribution < 1.29 is 14.0 Å². The highest BCUT2D eigenvalue weighted by atomic mass is 79.9. The molecule has 0 amide bonds. The number of rotatable bonds is 4. The first-order valence-corrected chi connectivity index (χ1v) is 8.08. The molecule has 2 aromatic carbocycles. The Kier molecular flexibility index (Phi) is 4.88. The second-order valence-corrected chi connectivity index (χ2v) is 6.11. The van der Waals surface area contributed by atoms with Crippen molar-refractivity contribution >= 4 is 21.9 Å². The zero-order valence-electron chi connectivity index (χ0n) is 12.3. The van der Waals surface area contributed by atoms with E-state index in [1.807, 2.05) is 18.2 Å². The summed E-state index contributed by atoms with van der Waals surface area (Å²) in [4.78, 5) is 17.6. The highest BCUT2D eigenvalue weighted by molar-refractivity contribution is 9.10. The first-order valence-electron chi connectivity index (χ1n) is 7.28. The van der Waals surface area contributed by atoms with Crippen molar-refractivity contribution in [3.8, 4) is 0 Å². The van der Waals surface area contributed by atoms with E-state index in [-0.39, 0.29) is 11.9 Å². The predicted octanol–water partition coefficient (Wildman–Crippen LogP) is 4.14. The quantitative estimate of drug-likeness (QED) is 0.752. The standard InChI is InChI=1S/C18H15BrFNO2/c19-16-10-4-8-14(17(16)20)12-15-9-5-11-21(15)23-18(22)13-6-2-1-3-7-13/h1-10,15H,11-12H2. The zero-order chi connectivity index (χ0) is 16.2. The van der Waals surface area contributed by atoms with E-state index in [1.165, 1.54) is 0 Å². The van der Waals surface area contributed by atoms with Crippen LogP contribution in [-0.2, 0) is 11.3 Å². The lowest BCUT2D eigenvalue weighted by atomic mass is 10.1. The van der Waals surface area contributed by atoms with Gasteiger partial charge in [-0.25, -0.2) is 9.18 Å². The van der Waals surface area contributed by atoms with Crippen LogP contribution >= 0.6 is 15.9 Å². The summed E-state index contributed by atoms with van der Waals surface area (Å²) in [6, 6.07) is 13.8. The van der Waals surface area contributed by atoms with E-state index in [0.717, 1.165) is 0 Å². The van der Waals surface area contributed by atoms with Crippen LogP contribution in [-0.4, -0.2) is 23.6 Å². The molecule has 0 radical (unpaired) electrons. The third-order valence-corrected chi connectivity index (χ3v) is 4.30. The van der Waals surface area contributed by atoms with Gasteiger partial charge in [0.2, 0.25) is 0 Å². The average molecular weight is 376 g/mol. The summed E-state index contributed by atoms with van der Waals surface area (Å²) >= 11 is 3.19. The van der Waals surface area contributed by atoms with E-state index >= 15 is 0 Å². The Labute approximate surface area is 142 Å². The number of nitrogens with zero attached hydrogens (tertiary/aromatic N) is 1. The summed E-state index contributed by atoms with van der Waals surface area (Å²) in [5.41, 5.74) is 1.07. The molecule has 0 saturated heterocycles. The SMILES string of the molecule is O=C(ON1CC=CC1Cc1cccc(Br)c1F)c1ccccc1. The van der Waals surface area contributed by atoms with Crippen LogP contribution in [0.25, 0.3) is 0 Å².